The molecule has 0 aliphatic rings. The molecule has 11 heteroatoms. The summed E-state index contributed by atoms with van der Waals surface area (Å²) in [5, 5.41) is 9.29. The van der Waals surface area contributed by atoms with E-state index in [0.29, 0.717) is 33.5 Å². The molecule has 0 spiro atoms. The van der Waals surface area contributed by atoms with E-state index in [4.69, 9.17) is 5.73 Å². The molecule has 5 aromatic rings. The second-order valence-corrected chi connectivity index (χ2v) is 7.88. The zero-order chi connectivity index (χ0) is 22.9. The van der Waals surface area contributed by atoms with E-state index < -0.39 is 11.8 Å². The Morgan fingerprint density at radius 2 is 1.91 bits per heavy atom. The van der Waals surface area contributed by atoms with Crippen LogP contribution < -0.4 is 11.1 Å². The average molecular weight is 461 g/mol. The van der Waals surface area contributed by atoms with Crippen molar-refractivity contribution in [1.29, 1.82) is 0 Å². The van der Waals surface area contributed by atoms with Gasteiger partial charge in [0.25, 0.3) is 11.8 Å². The lowest BCUT2D eigenvalue weighted by Gasteiger charge is -2.10. The fourth-order valence-corrected chi connectivity index (χ4v) is 4.02. The topological polar surface area (TPSA) is 124 Å². The first kappa shape index (κ1) is 20.4. The molecular weight excluding hydrogens is 445 g/mol. The van der Waals surface area contributed by atoms with Crippen LogP contribution in [0.5, 0.6) is 0 Å². The van der Waals surface area contributed by atoms with Gasteiger partial charge in [0.15, 0.2) is 10.9 Å². The fourth-order valence-electron chi connectivity index (χ4n) is 3.31. The van der Waals surface area contributed by atoms with Crippen LogP contribution in [0.1, 0.15) is 20.8 Å². The number of benzene rings is 1. The van der Waals surface area contributed by atoms with Gasteiger partial charge in [-0.25, -0.2) is 14.1 Å². The Kier molecular flexibility index (Phi) is 5.07. The third-order valence-electron chi connectivity index (χ3n) is 4.88. The maximum Gasteiger partial charge on any atom is 0.265 e. The number of nitrogens with zero attached hydrogens (tertiary/aromatic N) is 4. The predicted molar refractivity (Wildman–Crippen MR) is 121 cm³/mol. The van der Waals surface area contributed by atoms with Crippen molar-refractivity contribution >= 4 is 28.3 Å². The summed E-state index contributed by atoms with van der Waals surface area (Å²) in [6.45, 7) is 0. The number of amides is 2. The number of nitrogens with one attached hydrogen (secondary N) is 2. The van der Waals surface area contributed by atoms with Crippen molar-refractivity contribution in [3.05, 3.63) is 89.7 Å². The van der Waals surface area contributed by atoms with Gasteiger partial charge in [-0.15, -0.1) is 11.3 Å². The van der Waals surface area contributed by atoms with Crippen LogP contribution in [-0.4, -0.2) is 36.1 Å². The third-order valence-corrected chi connectivity index (χ3v) is 5.64. The van der Waals surface area contributed by atoms with Crippen molar-refractivity contribution in [3.63, 3.8) is 0 Å². The summed E-state index contributed by atoms with van der Waals surface area (Å²) >= 11 is 1.24. The first-order chi connectivity index (χ1) is 16.0. The van der Waals surface area contributed by atoms with Gasteiger partial charge in [-0.1, -0.05) is 0 Å². The standard InChI is InChI=1S/C22H16FN7O2S/c23-14-3-5-15(6-4-14)30-21(29-7-1-2-8-29)16(11-26-30)20(32)28-22-27-18(12-33-22)13-9-17(19(24)31)25-10-13/h1-12,25H,(H2,24,31)(H,27,28,32). The normalized spacial score (nSPS) is 10.9. The van der Waals surface area contributed by atoms with Crippen LogP contribution >= 0.6 is 11.3 Å². The fraction of sp³-hybridized carbons (Fsp3) is 0. The number of anilines is 1. The van der Waals surface area contributed by atoms with Crippen LogP contribution in [-0.2, 0) is 0 Å². The highest BCUT2D eigenvalue weighted by atomic mass is 32.1. The van der Waals surface area contributed by atoms with Gasteiger partial charge in [0.2, 0.25) is 0 Å². The third kappa shape index (κ3) is 3.92. The zero-order valence-corrected chi connectivity index (χ0v) is 17.7. The van der Waals surface area contributed by atoms with Crippen molar-refractivity contribution in [2.45, 2.75) is 0 Å². The number of aromatic amines is 1. The average Bonchev–Trinajstić information content (AvgIpc) is 3.60. The molecule has 9 nitrogen and oxygen atoms in total. The van der Waals surface area contributed by atoms with Crippen molar-refractivity contribution in [2.75, 3.05) is 5.32 Å². The van der Waals surface area contributed by atoms with E-state index in [0.717, 1.165) is 0 Å². The molecule has 4 N–H and O–H groups in total. The molecule has 0 atom stereocenters. The van der Waals surface area contributed by atoms with Crippen molar-refractivity contribution in [1.82, 2.24) is 24.3 Å². The number of aromatic nitrogens is 5. The predicted octanol–water partition coefficient (Wildman–Crippen LogP) is 3.60. The number of hydrogen-bond donors (Lipinski definition) is 3. The Labute approximate surface area is 190 Å². The van der Waals surface area contributed by atoms with Crippen molar-refractivity contribution in [3.8, 4) is 22.8 Å². The minimum absolute atomic E-state index is 0.271. The van der Waals surface area contributed by atoms with E-state index in [1.807, 2.05) is 12.1 Å². The summed E-state index contributed by atoms with van der Waals surface area (Å²) in [7, 11) is 0. The molecule has 5 rings (SSSR count). The number of primary amides is 1. The molecule has 0 fully saturated rings. The van der Waals surface area contributed by atoms with Gasteiger partial charge in [0, 0.05) is 29.5 Å². The summed E-state index contributed by atoms with van der Waals surface area (Å²) in [5.74, 6) is -0.838. The lowest BCUT2D eigenvalue weighted by atomic mass is 10.2. The van der Waals surface area contributed by atoms with Gasteiger partial charge in [0.05, 0.1) is 17.6 Å². The van der Waals surface area contributed by atoms with Gasteiger partial charge in [-0.2, -0.15) is 5.10 Å². The van der Waals surface area contributed by atoms with E-state index in [2.05, 4.69) is 20.4 Å². The summed E-state index contributed by atoms with van der Waals surface area (Å²) in [6.07, 6.45) is 6.65. The maximum absolute atomic E-state index is 13.4. The monoisotopic (exact) mass is 461 g/mol. The molecule has 0 saturated carbocycles. The maximum atomic E-state index is 13.4. The van der Waals surface area contributed by atoms with Crippen molar-refractivity contribution < 1.29 is 14.0 Å². The van der Waals surface area contributed by atoms with Crippen LogP contribution in [0.25, 0.3) is 22.8 Å². The van der Waals surface area contributed by atoms with E-state index in [-0.39, 0.29) is 11.5 Å². The second kappa shape index (κ2) is 8.20. The highest BCUT2D eigenvalue weighted by Gasteiger charge is 2.21. The molecule has 4 heterocycles. The molecule has 2 amide bonds. The minimum Gasteiger partial charge on any atom is -0.364 e. The van der Waals surface area contributed by atoms with E-state index in [1.165, 1.54) is 29.7 Å². The van der Waals surface area contributed by atoms with E-state index >= 15 is 0 Å². The van der Waals surface area contributed by atoms with E-state index in [9.17, 15) is 14.0 Å². The van der Waals surface area contributed by atoms with Gasteiger partial charge >= 0.3 is 0 Å². The number of hydrogen-bond acceptors (Lipinski definition) is 5. The van der Waals surface area contributed by atoms with E-state index in [1.54, 1.807) is 51.4 Å². The molecule has 0 radical (unpaired) electrons. The molecule has 164 valence electrons. The number of rotatable bonds is 6. The minimum atomic E-state index is -0.569. The number of thiazole rings is 1. The molecule has 0 saturated heterocycles. The van der Waals surface area contributed by atoms with Crippen LogP contribution in [0.4, 0.5) is 9.52 Å². The van der Waals surface area contributed by atoms with Gasteiger partial charge in [0.1, 0.15) is 17.1 Å². The summed E-state index contributed by atoms with van der Waals surface area (Å²) < 4.78 is 16.7. The zero-order valence-electron chi connectivity index (χ0n) is 16.9. The Hall–Kier alpha value is -4.51. The first-order valence-corrected chi connectivity index (χ1v) is 10.6. The molecule has 0 bridgehead atoms. The van der Waals surface area contributed by atoms with Crippen molar-refractivity contribution in [2.24, 2.45) is 5.73 Å². The Balaban J connectivity index is 1.45. The van der Waals surface area contributed by atoms with Crippen LogP contribution in [0, 0.1) is 5.82 Å². The Morgan fingerprint density at radius 1 is 1.15 bits per heavy atom. The van der Waals surface area contributed by atoms with Gasteiger partial charge in [-0.05, 0) is 42.5 Å². The number of carbonyl (C=O) groups excluding carboxylic acids is 2. The van der Waals surface area contributed by atoms with Crippen LogP contribution in [0.2, 0.25) is 0 Å². The highest BCUT2D eigenvalue weighted by Crippen LogP contribution is 2.27. The lowest BCUT2D eigenvalue weighted by Crippen LogP contribution is -2.15. The first-order valence-electron chi connectivity index (χ1n) is 9.72. The lowest BCUT2D eigenvalue weighted by molar-refractivity contribution is 0.0994. The van der Waals surface area contributed by atoms with Gasteiger partial charge < -0.3 is 15.3 Å². The molecule has 4 aromatic heterocycles. The molecule has 0 aliphatic carbocycles. The molecule has 0 aliphatic heterocycles. The Bertz CT molecular complexity index is 1450. The summed E-state index contributed by atoms with van der Waals surface area (Å²) in [4.78, 5) is 31.6. The largest absolute Gasteiger partial charge is 0.364 e. The number of halogens is 1. The smallest absolute Gasteiger partial charge is 0.265 e. The number of carbonyl (C=O) groups is 2. The molecule has 33 heavy (non-hydrogen) atoms. The van der Waals surface area contributed by atoms with Gasteiger partial charge in [-0.3, -0.25) is 14.9 Å². The Morgan fingerprint density at radius 3 is 2.61 bits per heavy atom. The summed E-state index contributed by atoms with van der Waals surface area (Å²) in [6, 6.07) is 11.1. The van der Waals surface area contributed by atoms with Crippen LogP contribution in [0.3, 0.4) is 0 Å². The SMILES string of the molecule is NC(=O)c1cc(-c2csc(NC(=O)c3cnn(-c4ccc(F)cc4)c3-n3cccc3)n2)c[nH]1. The number of H-pyrrole nitrogens is 1. The second-order valence-electron chi connectivity index (χ2n) is 7.02. The quantitative estimate of drug-likeness (QED) is 0.357. The number of nitrogens with two attached hydrogens (primary N) is 1. The molecule has 0 unspecified atom stereocenters. The van der Waals surface area contributed by atoms with Crippen LogP contribution in [0.15, 0.2) is 72.6 Å². The summed E-state index contributed by atoms with van der Waals surface area (Å²) in [5.41, 5.74) is 7.73. The molecular formula is C22H16FN7O2S. The highest BCUT2D eigenvalue weighted by molar-refractivity contribution is 7.14. The molecule has 1 aromatic carbocycles.